The van der Waals surface area contributed by atoms with Gasteiger partial charge in [-0.3, -0.25) is 4.90 Å². The SMILES string of the molecule is CCON=C1CCN(CCN(C(=O)Nc2ccc(F)c(C(F)(F)F)c2)c2ccc(-c3cccc(C#N)c3)cc2)CC1. The Kier molecular flexibility index (Phi) is 9.57. The molecule has 0 atom stereocenters. The number of hydrogen-bond donors (Lipinski definition) is 1. The molecule has 0 spiro atoms. The number of anilines is 2. The van der Waals surface area contributed by atoms with E-state index in [-0.39, 0.29) is 12.2 Å². The molecule has 0 radical (unpaired) electrons. The summed E-state index contributed by atoms with van der Waals surface area (Å²) < 4.78 is 53.5. The van der Waals surface area contributed by atoms with Crippen molar-refractivity contribution in [2.75, 3.05) is 43.0 Å². The van der Waals surface area contributed by atoms with Crippen molar-refractivity contribution in [1.29, 1.82) is 5.26 Å². The first-order valence-corrected chi connectivity index (χ1v) is 13.1. The van der Waals surface area contributed by atoms with Crippen LogP contribution < -0.4 is 10.2 Å². The van der Waals surface area contributed by atoms with Crippen molar-refractivity contribution in [2.24, 2.45) is 5.16 Å². The fourth-order valence-electron chi connectivity index (χ4n) is 4.48. The standard InChI is InChI=1S/C30H29F4N5O2/c1-2-41-37-24-12-14-38(15-13-24)16-17-39(29(40)36-25-8-11-28(31)27(19-25)30(32,33)34)26-9-6-22(7-10-26)23-5-3-4-21(18-23)20-35/h3-11,18-19H,2,12-17H2,1H3,(H,36,40). The third-order valence-corrected chi connectivity index (χ3v) is 6.67. The van der Waals surface area contributed by atoms with E-state index in [4.69, 9.17) is 4.84 Å². The number of nitrogens with one attached hydrogen (secondary N) is 1. The van der Waals surface area contributed by atoms with Crippen molar-refractivity contribution in [2.45, 2.75) is 25.9 Å². The zero-order valence-corrected chi connectivity index (χ0v) is 22.4. The van der Waals surface area contributed by atoms with Crippen LogP contribution in [-0.4, -0.2) is 49.4 Å². The van der Waals surface area contributed by atoms with Gasteiger partial charge in [0.1, 0.15) is 12.4 Å². The Hall–Kier alpha value is -4.43. The van der Waals surface area contributed by atoms with Crippen molar-refractivity contribution < 1.29 is 27.2 Å². The van der Waals surface area contributed by atoms with Crippen molar-refractivity contribution in [3.05, 3.63) is 83.7 Å². The van der Waals surface area contributed by atoms with E-state index in [0.29, 0.717) is 36.5 Å². The van der Waals surface area contributed by atoms with Gasteiger partial charge in [0.25, 0.3) is 0 Å². The van der Waals surface area contributed by atoms with Crippen LogP contribution in [0.3, 0.4) is 0 Å². The minimum absolute atomic E-state index is 0.173. The van der Waals surface area contributed by atoms with E-state index in [9.17, 15) is 27.6 Å². The van der Waals surface area contributed by atoms with Crippen LogP contribution in [0.4, 0.5) is 33.7 Å². The van der Waals surface area contributed by atoms with E-state index in [2.05, 4.69) is 21.4 Å². The maximum absolute atomic E-state index is 13.8. The molecule has 1 heterocycles. The fourth-order valence-corrected chi connectivity index (χ4v) is 4.48. The van der Waals surface area contributed by atoms with E-state index < -0.39 is 23.6 Å². The summed E-state index contributed by atoms with van der Waals surface area (Å²) in [6.45, 7) is 4.58. The molecule has 1 saturated heterocycles. The quantitative estimate of drug-likeness (QED) is 0.237. The highest BCUT2D eigenvalue weighted by molar-refractivity contribution is 6.02. The first-order valence-electron chi connectivity index (χ1n) is 13.1. The Balaban J connectivity index is 1.54. The van der Waals surface area contributed by atoms with Crippen molar-refractivity contribution in [3.63, 3.8) is 0 Å². The summed E-state index contributed by atoms with van der Waals surface area (Å²) >= 11 is 0. The Morgan fingerprint density at radius 2 is 1.80 bits per heavy atom. The fraction of sp³-hybridized carbons (Fsp3) is 0.300. The monoisotopic (exact) mass is 567 g/mol. The Bertz CT molecular complexity index is 1420. The molecule has 2 amide bonds. The number of hydrogen-bond acceptors (Lipinski definition) is 5. The number of oxime groups is 1. The normalized spacial score (nSPS) is 13.8. The number of alkyl halides is 3. The Labute approximate surface area is 235 Å². The number of benzene rings is 3. The minimum Gasteiger partial charge on any atom is -0.396 e. The summed E-state index contributed by atoms with van der Waals surface area (Å²) in [5.41, 5.74) is 2.05. The zero-order chi connectivity index (χ0) is 29.4. The predicted molar refractivity (Wildman–Crippen MR) is 149 cm³/mol. The van der Waals surface area contributed by atoms with E-state index in [1.807, 2.05) is 25.1 Å². The molecule has 0 saturated carbocycles. The molecule has 1 aliphatic heterocycles. The zero-order valence-electron chi connectivity index (χ0n) is 22.4. The number of urea groups is 1. The number of carbonyl (C=O) groups excluding carboxylic acids is 1. The number of piperidine rings is 1. The van der Waals surface area contributed by atoms with Gasteiger partial charge in [-0.15, -0.1) is 0 Å². The Morgan fingerprint density at radius 3 is 2.46 bits per heavy atom. The maximum atomic E-state index is 13.8. The first-order chi connectivity index (χ1) is 19.7. The van der Waals surface area contributed by atoms with E-state index in [1.54, 1.807) is 30.3 Å². The van der Waals surface area contributed by atoms with Crippen LogP contribution in [0.2, 0.25) is 0 Å². The van der Waals surface area contributed by atoms with E-state index in [0.717, 1.165) is 48.8 Å². The smallest absolute Gasteiger partial charge is 0.396 e. The Morgan fingerprint density at radius 1 is 1.07 bits per heavy atom. The number of rotatable bonds is 8. The van der Waals surface area contributed by atoms with Gasteiger partial charge >= 0.3 is 12.2 Å². The molecule has 4 rings (SSSR count). The first kappa shape index (κ1) is 29.6. The van der Waals surface area contributed by atoms with Crippen LogP contribution in [0.1, 0.15) is 30.9 Å². The summed E-state index contributed by atoms with van der Waals surface area (Å²) in [6.07, 6.45) is -3.43. The van der Waals surface area contributed by atoms with Crippen LogP contribution in [0.25, 0.3) is 11.1 Å². The number of nitriles is 1. The maximum Gasteiger partial charge on any atom is 0.419 e. The number of carbonyl (C=O) groups is 1. The number of likely N-dealkylation sites (tertiary alicyclic amines) is 1. The average molecular weight is 568 g/mol. The molecule has 1 N–H and O–H groups in total. The highest BCUT2D eigenvalue weighted by Gasteiger charge is 2.34. The van der Waals surface area contributed by atoms with Gasteiger partial charge in [0, 0.05) is 50.4 Å². The lowest BCUT2D eigenvalue weighted by Crippen LogP contribution is -2.43. The van der Waals surface area contributed by atoms with Gasteiger partial charge in [-0.2, -0.15) is 18.4 Å². The molecule has 11 heteroatoms. The second-order valence-electron chi connectivity index (χ2n) is 9.43. The third kappa shape index (κ3) is 7.83. The molecule has 41 heavy (non-hydrogen) atoms. The van der Waals surface area contributed by atoms with Crippen LogP contribution in [-0.2, 0) is 11.0 Å². The highest BCUT2D eigenvalue weighted by atomic mass is 19.4. The molecule has 7 nitrogen and oxygen atoms in total. The average Bonchev–Trinajstić information content (AvgIpc) is 2.97. The molecular formula is C30H29F4N5O2. The van der Waals surface area contributed by atoms with Gasteiger partial charge in [0.15, 0.2) is 0 Å². The molecule has 0 bridgehead atoms. The highest BCUT2D eigenvalue weighted by Crippen LogP contribution is 2.33. The van der Waals surface area contributed by atoms with Gasteiger partial charge < -0.3 is 15.1 Å². The molecule has 0 unspecified atom stereocenters. The van der Waals surface area contributed by atoms with E-state index in [1.165, 1.54) is 4.90 Å². The molecule has 0 aliphatic carbocycles. The van der Waals surface area contributed by atoms with Gasteiger partial charge in [-0.05, 0) is 60.5 Å². The summed E-state index contributed by atoms with van der Waals surface area (Å²) in [5, 5.41) is 15.8. The predicted octanol–water partition coefficient (Wildman–Crippen LogP) is 6.91. The van der Waals surface area contributed by atoms with Crippen molar-refractivity contribution >= 4 is 23.1 Å². The third-order valence-electron chi connectivity index (χ3n) is 6.67. The number of amides is 2. The second kappa shape index (κ2) is 13.3. The van der Waals surface area contributed by atoms with Gasteiger partial charge in [-0.1, -0.05) is 29.4 Å². The van der Waals surface area contributed by atoms with Gasteiger partial charge in [-0.25, -0.2) is 9.18 Å². The largest absolute Gasteiger partial charge is 0.419 e. The number of nitrogens with zero attached hydrogens (tertiary/aromatic N) is 4. The van der Waals surface area contributed by atoms with Crippen LogP contribution >= 0.6 is 0 Å². The van der Waals surface area contributed by atoms with Crippen molar-refractivity contribution in [3.8, 4) is 17.2 Å². The molecule has 1 fully saturated rings. The summed E-state index contributed by atoms with van der Waals surface area (Å²) in [7, 11) is 0. The summed E-state index contributed by atoms with van der Waals surface area (Å²) in [5.74, 6) is -1.42. The molecular weight excluding hydrogens is 538 g/mol. The van der Waals surface area contributed by atoms with E-state index >= 15 is 0 Å². The summed E-state index contributed by atoms with van der Waals surface area (Å²) in [6, 6.07) is 18.0. The van der Waals surface area contributed by atoms with Gasteiger partial charge in [0.05, 0.1) is 22.9 Å². The molecule has 3 aromatic rings. The number of halogens is 4. The lowest BCUT2D eigenvalue weighted by Gasteiger charge is -2.30. The summed E-state index contributed by atoms with van der Waals surface area (Å²) in [4.78, 5) is 22.1. The topological polar surface area (TPSA) is 81.0 Å². The molecule has 1 aliphatic rings. The van der Waals surface area contributed by atoms with Crippen LogP contribution in [0.15, 0.2) is 71.9 Å². The lowest BCUT2D eigenvalue weighted by molar-refractivity contribution is -0.139. The second-order valence-corrected chi connectivity index (χ2v) is 9.43. The molecule has 3 aromatic carbocycles. The molecule has 0 aromatic heterocycles. The van der Waals surface area contributed by atoms with Crippen LogP contribution in [0.5, 0.6) is 0 Å². The lowest BCUT2D eigenvalue weighted by atomic mass is 10.0. The molecule has 214 valence electrons. The minimum atomic E-state index is -4.90. The van der Waals surface area contributed by atoms with Crippen LogP contribution in [0, 0.1) is 17.1 Å². The van der Waals surface area contributed by atoms with Gasteiger partial charge in [0.2, 0.25) is 0 Å². The van der Waals surface area contributed by atoms with Crippen molar-refractivity contribution in [1.82, 2.24) is 4.90 Å².